The Kier molecular flexibility index (Phi) is 108. The third kappa shape index (κ3) is 91.2. The summed E-state index contributed by atoms with van der Waals surface area (Å²) in [5.41, 5.74) is 0. The van der Waals surface area contributed by atoms with Crippen molar-refractivity contribution in [1.82, 2.24) is 0 Å². The van der Waals surface area contributed by atoms with E-state index < -0.39 is 0 Å². The van der Waals surface area contributed by atoms with Crippen LogP contribution in [0, 0.1) is 11.8 Å². The van der Waals surface area contributed by atoms with Crippen molar-refractivity contribution < 1.29 is 0 Å². The Morgan fingerprint density at radius 3 is 0.479 bits per heavy atom. The van der Waals surface area contributed by atoms with Gasteiger partial charge >= 0.3 is 0 Å². The molecule has 0 atom stereocenters. The van der Waals surface area contributed by atoms with Gasteiger partial charge in [-0.05, 0) is 37.5 Å². The Hall–Kier alpha value is 0.700. The number of rotatable bonds is 0. The molecule has 0 N–H and O–H groups in total. The largest absolute Gasteiger partial charge is 0.176 e. The molecule has 0 aromatic rings. The summed E-state index contributed by atoms with van der Waals surface area (Å²) in [7, 11) is 0. The van der Waals surface area contributed by atoms with Crippen molar-refractivity contribution in [3.8, 4) is 0 Å². The van der Waals surface area contributed by atoms with Crippen molar-refractivity contribution >= 4 is 25.3 Å². The summed E-state index contributed by atoms with van der Waals surface area (Å²) >= 11 is 8.72. The average Bonchev–Trinajstić information content (AvgIpc) is 3.12. The molecule has 0 bridgehead atoms. The minimum absolute atomic E-state index is 0.730. The van der Waals surface area contributed by atoms with E-state index in [0.717, 1.165) is 22.3 Å². The zero-order valence-electron chi connectivity index (χ0n) is 38.2. The van der Waals surface area contributed by atoms with E-state index in [-0.39, 0.29) is 0 Å². The smallest absolute Gasteiger partial charge is 0.00168 e. The third-order valence-corrected chi connectivity index (χ3v) is 7.97. The van der Waals surface area contributed by atoms with Crippen LogP contribution in [0.1, 0.15) is 279 Å². The maximum atomic E-state index is 4.36. The lowest BCUT2D eigenvalue weighted by atomic mass is 9.91. The predicted molar refractivity (Wildman–Crippen MR) is 245 cm³/mol. The van der Waals surface area contributed by atoms with Crippen molar-refractivity contribution in [1.29, 1.82) is 0 Å². The molecule has 0 heterocycles. The molecule has 4 fully saturated rings. The molecule has 0 aromatic carbocycles. The summed E-state index contributed by atoms with van der Waals surface area (Å²) in [6.07, 6.45) is 33.8. The molecule has 48 heavy (non-hydrogen) atoms. The lowest BCUT2D eigenvalue weighted by Crippen LogP contribution is -2.03. The molecule has 0 nitrogen and oxygen atoms in total. The molecule has 0 aliphatic heterocycles. The number of hydrogen-bond acceptors (Lipinski definition) is 2. The van der Waals surface area contributed by atoms with Crippen LogP contribution in [0.3, 0.4) is 0 Å². The van der Waals surface area contributed by atoms with Crippen LogP contribution >= 0.6 is 25.3 Å². The SMILES string of the molecule is CC.CC.CC.CC.CC1CCCCC1.CC1CCCCC1.CCC.CCC.CCC.CCC.SC1CCCCC1.SC1CCCCC1. The second-order valence-corrected chi connectivity index (χ2v) is 14.4. The van der Waals surface area contributed by atoms with Gasteiger partial charge in [-0.1, -0.05) is 253 Å². The van der Waals surface area contributed by atoms with E-state index in [0.29, 0.717) is 0 Å². The van der Waals surface area contributed by atoms with E-state index in [1.807, 2.05) is 55.4 Å². The molecule has 0 radical (unpaired) electrons. The highest BCUT2D eigenvalue weighted by atomic mass is 32.1. The highest BCUT2D eigenvalue weighted by Crippen LogP contribution is 2.23. The molecule has 4 saturated carbocycles. The van der Waals surface area contributed by atoms with E-state index in [9.17, 15) is 0 Å². The Balaban J connectivity index is -0.0000000632. The molecule has 4 rings (SSSR count). The van der Waals surface area contributed by atoms with E-state index >= 15 is 0 Å². The second kappa shape index (κ2) is 77.2. The summed E-state index contributed by atoms with van der Waals surface area (Å²) in [4.78, 5) is 0. The molecule has 304 valence electrons. The van der Waals surface area contributed by atoms with Gasteiger partial charge in [0, 0.05) is 10.5 Å². The molecular formula is C46H108S2. The first-order valence-corrected chi connectivity index (χ1v) is 23.6. The van der Waals surface area contributed by atoms with E-state index in [2.05, 4.69) is 94.5 Å². The van der Waals surface area contributed by atoms with Gasteiger partial charge in [0.1, 0.15) is 0 Å². The zero-order valence-corrected chi connectivity index (χ0v) is 40.0. The molecule has 0 aromatic heterocycles. The Bertz CT molecular complexity index is 288. The van der Waals surface area contributed by atoms with Gasteiger partial charge in [-0.15, -0.1) is 0 Å². The normalized spacial score (nSPS) is 16.8. The van der Waals surface area contributed by atoms with Gasteiger partial charge in [0.2, 0.25) is 0 Å². The monoisotopic (exact) mass is 725 g/mol. The van der Waals surface area contributed by atoms with Gasteiger partial charge in [-0.25, -0.2) is 0 Å². The molecule has 0 spiro atoms. The molecule has 0 saturated heterocycles. The molecule has 4 aliphatic rings. The standard InChI is InChI=1S/2C7H14.2C6H12S.4C3H8.4C2H6/c2*1-7-5-3-2-4-6-7;2*7-6-4-2-1-3-5-6;4*1-3-2;4*1-2/h2*7H,2-6H2,1H3;2*6-7H,1-5H2;4*3H2,1-2H3;4*1-2H3. The molecule has 0 unspecified atom stereocenters. The first kappa shape index (κ1) is 66.9. The lowest BCUT2D eigenvalue weighted by Gasteiger charge is -2.15. The van der Waals surface area contributed by atoms with Crippen LogP contribution in [-0.2, 0) is 0 Å². The lowest BCUT2D eigenvalue weighted by molar-refractivity contribution is 0.385. The van der Waals surface area contributed by atoms with Gasteiger partial charge < -0.3 is 0 Å². The van der Waals surface area contributed by atoms with Crippen LogP contribution in [0.2, 0.25) is 0 Å². The van der Waals surface area contributed by atoms with Crippen LogP contribution in [0.4, 0.5) is 0 Å². The second-order valence-electron chi connectivity index (χ2n) is 12.9. The Labute approximate surface area is 325 Å². The zero-order chi connectivity index (χ0) is 39.3. The van der Waals surface area contributed by atoms with Crippen LogP contribution in [0.5, 0.6) is 0 Å². The quantitative estimate of drug-likeness (QED) is 0.228. The topological polar surface area (TPSA) is 0 Å². The highest BCUT2D eigenvalue weighted by molar-refractivity contribution is 7.81. The van der Waals surface area contributed by atoms with Crippen LogP contribution in [-0.4, -0.2) is 10.5 Å². The maximum Gasteiger partial charge on any atom is 0.00168 e. The van der Waals surface area contributed by atoms with Crippen LogP contribution < -0.4 is 0 Å². The van der Waals surface area contributed by atoms with Gasteiger partial charge in [0.25, 0.3) is 0 Å². The number of hydrogen-bond donors (Lipinski definition) is 2. The Morgan fingerprint density at radius 2 is 0.417 bits per heavy atom. The molecular weight excluding hydrogens is 617 g/mol. The van der Waals surface area contributed by atoms with Crippen LogP contribution in [0.15, 0.2) is 0 Å². The number of thiol groups is 2. The Morgan fingerprint density at radius 1 is 0.292 bits per heavy atom. The first-order chi connectivity index (χ1) is 23.2. The van der Waals surface area contributed by atoms with E-state index in [1.54, 1.807) is 0 Å². The van der Waals surface area contributed by atoms with Crippen molar-refractivity contribution in [3.05, 3.63) is 0 Å². The molecule has 0 amide bonds. The minimum Gasteiger partial charge on any atom is -0.176 e. The van der Waals surface area contributed by atoms with Crippen molar-refractivity contribution in [2.75, 3.05) is 0 Å². The fourth-order valence-corrected chi connectivity index (χ4v) is 5.51. The van der Waals surface area contributed by atoms with Gasteiger partial charge in [0.05, 0.1) is 0 Å². The fraction of sp³-hybridized carbons (Fsp3) is 1.00. The van der Waals surface area contributed by atoms with Crippen molar-refractivity contribution in [2.45, 2.75) is 289 Å². The van der Waals surface area contributed by atoms with Crippen molar-refractivity contribution in [2.24, 2.45) is 11.8 Å². The summed E-state index contributed by atoms with van der Waals surface area (Å²) in [5, 5.41) is 1.46. The summed E-state index contributed by atoms with van der Waals surface area (Å²) in [5.74, 6) is 2.07. The van der Waals surface area contributed by atoms with Crippen LogP contribution in [0.25, 0.3) is 0 Å². The van der Waals surface area contributed by atoms with Gasteiger partial charge in [-0.3, -0.25) is 0 Å². The summed E-state index contributed by atoms with van der Waals surface area (Å²) in [6, 6.07) is 0. The van der Waals surface area contributed by atoms with Crippen molar-refractivity contribution in [3.63, 3.8) is 0 Å². The third-order valence-electron chi connectivity index (χ3n) is 6.94. The maximum absolute atomic E-state index is 4.36. The summed E-state index contributed by atoms with van der Waals surface area (Å²) < 4.78 is 0. The first-order valence-electron chi connectivity index (χ1n) is 22.6. The highest BCUT2D eigenvalue weighted by Gasteiger charge is 2.08. The van der Waals surface area contributed by atoms with E-state index in [4.69, 9.17) is 0 Å². The molecule has 2 heteroatoms. The fourth-order valence-electron chi connectivity index (χ4n) is 4.78. The minimum atomic E-state index is 0.730. The summed E-state index contributed by atoms with van der Waals surface area (Å²) in [6.45, 7) is 37.7. The van der Waals surface area contributed by atoms with E-state index in [1.165, 1.54) is 154 Å². The van der Waals surface area contributed by atoms with Gasteiger partial charge in [-0.2, -0.15) is 25.3 Å². The van der Waals surface area contributed by atoms with Gasteiger partial charge in [0.15, 0.2) is 0 Å². The average molecular weight is 726 g/mol. The predicted octanol–water partition coefficient (Wildman–Crippen LogP) is 19.4. The molecule has 4 aliphatic carbocycles.